The first kappa shape index (κ1) is 13.8. The van der Waals surface area contributed by atoms with Crippen molar-refractivity contribution in [1.82, 2.24) is 5.32 Å². The molecule has 0 saturated carbocycles. The van der Waals surface area contributed by atoms with Crippen molar-refractivity contribution in [2.75, 3.05) is 0 Å². The Balaban J connectivity index is 2.72. The van der Waals surface area contributed by atoms with Gasteiger partial charge in [0.05, 0.1) is 6.42 Å². The summed E-state index contributed by atoms with van der Waals surface area (Å²) in [6.45, 7) is 1.38. The summed E-state index contributed by atoms with van der Waals surface area (Å²) in [6, 6.07) is 3.98. The molecule has 1 amide bonds. The average Bonchev–Trinajstić information content (AvgIpc) is 2.23. The Morgan fingerprint density at radius 1 is 1.35 bits per heavy atom. The van der Waals surface area contributed by atoms with Gasteiger partial charge >= 0.3 is 5.97 Å². The second-order valence-corrected chi connectivity index (χ2v) is 4.32. The van der Waals surface area contributed by atoms with Crippen molar-refractivity contribution in [3.63, 3.8) is 0 Å². The van der Waals surface area contributed by atoms with Crippen LogP contribution >= 0.6 is 23.2 Å². The Kier molecular flexibility index (Phi) is 4.78. The number of hydrogen-bond donors (Lipinski definition) is 2. The van der Waals surface area contributed by atoms with Crippen LogP contribution in [0.15, 0.2) is 18.2 Å². The van der Waals surface area contributed by atoms with E-state index in [9.17, 15) is 9.59 Å². The minimum atomic E-state index is -1.09. The van der Waals surface area contributed by atoms with Crippen LogP contribution in [0.4, 0.5) is 0 Å². The summed E-state index contributed by atoms with van der Waals surface area (Å²) >= 11 is 11.8. The Morgan fingerprint density at radius 3 is 2.35 bits per heavy atom. The zero-order chi connectivity index (χ0) is 13.0. The van der Waals surface area contributed by atoms with E-state index in [1.807, 2.05) is 0 Å². The lowest BCUT2D eigenvalue weighted by atomic mass is 10.1. The zero-order valence-corrected chi connectivity index (χ0v) is 10.5. The molecule has 6 heteroatoms. The highest BCUT2D eigenvalue weighted by atomic mass is 35.5. The van der Waals surface area contributed by atoms with E-state index >= 15 is 0 Å². The third-order valence-electron chi connectivity index (χ3n) is 2.15. The third kappa shape index (κ3) is 3.91. The van der Waals surface area contributed by atoms with E-state index in [4.69, 9.17) is 28.3 Å². The fourth-order valence-corrected chi connectivity index (χ4v) is 1.75. The van der Waals surface area contributed by atoms with E-state index in [-0.39, 0.29) is 6.42 Å². The van der Waals surface area contributed by atoms with Gasteiger partial charge in [0, 0.05) is 10.0 Å². The molecule has 1 aromatic rings. The van der Waals surface area contributed by atoms with E-state index in [1.54, 1.807) is 18.2 Å². The van der Waals surface area contributed by atoms with E-state index in [0.717, 1.165) is 0 Å². The normalized spacial score (nSPS) is 11.9. The van der Waals surface area contributed by atoms with Crippen molar-refractivity contribution in [3.8, 4) is 0 Å². The quantitative estimate of drug-likeness (QED) is 0.885. The van der Waals surface area contributed by atoms with Gasteiger partial charge in [-0.1, -0.05) is 29.3 Å². The number of carbonyl (C=O) groups excluding carboxylic acids is 1. The van der Waals surface area contributed by atoms with Crippen molar-refractivity contribution < 1.29 is 14.7 Å². The topological polar surface area (TPSA) is 66.4 Å². The van der Waals surface area contributed by atoms with Crippen molar-refractivity contribution in [2.45, 2.75) is 19.4 Å². The number of aliphatic carboxylic acids is 1. The molecule has 1 rings (SSSR count). The maximum atomic E-state index is 11.5. The van der Waals surface area contributed by atoms with E-state index in [1.165, 1.54) is 6.92 Å². The summed E-state index contributed by atoms with van der Waals surface area (Å²) in [6.07, 6.45) is -0.0455. The fraction of sp³-hybridized carbons (Fsp3) is 0.273. The van der Waals surface area contributed by atoms with Crippen LogP contribution in [0.3, 0.4) is 0 Å². The molecule has 92 valence electrons. The van der Waals surface area contributed by atoms with Crippen LogP contribution in [0, 0.1) is 0 Å². The molecule has 0 aliphatic rings. The van der Waals surface area contributed by atoms with Crippen LogP contribution in [0.2, 0.25) is 10.0 Å². The number of amides is 1. The minimum Gasteiger partial charge on any atom is -0.480 e. The number of benzene rings is 1. The van der Waals surface area contributed by atoms with E-state index < -0.39 is 17.9 Å². The third-order valence-corrected chi connectivity index (χ3v) is 2.86. The van der Waals surface area contributed by atoms with Gasteiger partial charge in [-0.3, -0.25) is 9.59 Å². The van der Waals surface area contributed by atoms with Crippen LogP contribution in [0.25, 0.3) is 0 Å². The van der Waals surface area contributed by atoms with Crippen molar-refractivity contribution >= 4 is 35.1 Å². The summed E-state index contributed by atoms with van der Waals surface area (Å²) < 4.78 is 0. The lowest BCUT2D eigenvalue weighted by Gasteiger charge is -2.10. The van der Waals surface area contributed by atoms with Gasteiger partial charge < -0.3 is 10.4 Å². The van der Waals surface area contributed by atoms with Gasteiger partial charge in [-0.15, -0.1) is 0 Å². The molecule has 0 fully saturated rings. The first-order valence-corrected chi connectivity index (χ1v) is 5.62. The maximum Gasteiger partial charge on any atom is 0.325 e. The molecule has 0 aromatic heterocycles. The average molecular weight is 276 g/mol. The second-order valence-electron chi connectivity index (χ2n) is 3.50. The second kappa shape index (κ2) is 5.89. The first-order chi connectivity index (χ1) is 7.91. The van der Waals surface area contributed by atoms with Crippen LogP contribution in [-0.4, -0.2) is 23.0 Å². The van der Waals surface area contributed by atoms with Crippen LogP contribution < -0.4 is 5.32 Å². The first-order valence-electron chi connectivity index (χ1n) is 4.87. The van der Waals surface area contributed by atoms with Gasteiger partial charge in [0.1, 0.15) is 6.04 Å². The number of halogens is 2. The zero-order valence-electron chi connectivity index (χ0n) is 9.04. The van der Waals surface area contributed by atoms with Gasteiger partial charge in [0.15, 0.2) is 0 Å². The SMILES string of the molecule is C[C@@H](NC(=O)Cc1c(Cl)cccc1Cl)C(=O)O. The summed E-state index contributed by atoms with van der Waals surface area (Å²) in [7, 11) is 0. The molecule has 0 spiro atoms. The van der Waals surface area contributed by atoms with Crippen molar-refractivity contribution in [2.24, 2.45) is 0 Å². The highest BCUT2D eigenvalue weighted by Gasteiger charge is 2.16. The molecular weight excluding hydrogens is 265 g/mol. The fourth-order valence-electron chi connectivity index (χ4n) is 1.22. The van der Waals surface area contributed by atoms with Crippen molar-refractivity contribution in [3.05, 3.63) is 33.8 Å². The molecule has 0 bridgehead atoms. The summed E-state index contributed by atoms with van der Waals surface area (Å²) in [5.74, 6) is -1.53. The smallest absolute Gasteiger partial charge is 0.325 e. The highest BCUT2D eigenvalue weighted by molar-refractivity contribution is 6.36. The van der Waals surface area contributed by atoms with Crippen molar-refractivity contribution in [1.29, 1.82) is 0 Å². The Hall–Kier alpha value is -1.26. The molecule has 0 aliphatic carbocycles. The van der Waals surface area contributed by atoms with Crippen LogP contribution in [0.1, 0.15) is 12.5 Å². The minimum absolute atomic E-state index is 0.0455. The number of carboxylic acid groups (broad SMARTS) is 1. The predicted molar refractivity (Wildman–Crippen MR) is 65.4 cm³/mol. The van der Waals surface area contributed by atoms with Gasteiger partial charge in [-0.05, 0) is 24.6 Å². The molecular formula is C11H11Cl2NO3. The molecule has 0 aliphatic heterocycles. The Morgan fingerprint density at radius 2 is 1.88 bits per heavy atom. The lowest BCUT2D eigenvalue weighted by molar-refractivity contribution is -0.141. The standard InChI is InChI=1S/C11H11Cl2NO3/c1-6(11(16)17)14-10(15)5-7-8(12)3-2-4-9(7)13/h2-4,6H,5H2,1H3,(H,14,15)(H,16,17)/t6-/m1/s1. The largest absolute Gasteiger partial charge is 0.480 e. The molecule has 0 radical (unpaired) electrons. The molecule has 0 saturated heterocycles. The van der Waals surface area contributed by atoms with E-state index in [0.29, 0.717) is 15.6 Å². The maximum absolute atomic E-state index is 11.5. The molecule has 0 heterocycles. The molecule has 2 N–H and O–H groups in total. The molecule has 0 unspecified atom stereocenters. The summed E-state index contributed by atoms with van der Waals surface area (Å²) in [4.78, 5) is 22.1. The molecule has 1 atom stereocenters. The number of rotatable bonds is 4. The number of carboxylic acids is 1. The highest BCUT2D eigenvalue weighted by Crippen LogP contribution is 2.24. The van der Waals surface area contributed by atoms with Gasteiger partial charge in [0.2, 0.25) is 5.91 Å². The Labute approximate surface area is 109 Å². The van der Waals surface area contributed by atoms with Gasteiger partial charge in [-0.2, -0.15) is 0 Å². The van der Waals surface area contributed by atoms with Gasteiger partial charge in [-0.25, -0.2) is 0 Å². The molecule has 1 aromatic carbocycles. The molecule has 4 nitrogen and oxygen atoms in total. The molecule has 17 heavy (non-hydrogen) atoms. The summed E-state index contributed by atoms with van der Waals surface area (Å²) in [5.41, 5.74) is 0.492. The van der Waals surface area contributed by atoms with Crippen LogP contribution in [-0.2, 0) is 16.0 Å². The van der Waals surface area contributed by atoms with Gasteiger partial charge in [0.25, 0.3) is 0 Å². The number of nitrogens with one attached hydrogen (secondary N) is 1. The van der Waals surface area contributed by atoms with Crippen LogP contribution in [0.5, 0.6) is 0 Å². The predicted octanol–water partition coefficient (Wildman–Crippen LogP) is 2.13. The monoisotopic (exact) mass is 275 g/mol. The lowest BCUT2D eigenvalue weighted by Crippen LogP contribution is -2.39. The summed E-state index contributed by atoms with van der Waals surface area (Å²) in [5, 5.41) is 11.7. The number of carbonyl (C=O) groups is 2. The van der Waals surface area contributed by atoms with E-state index in [2.05, 4.69) is 5.32 Å². The Bertz CT molecular complexity index is 428. The number of hydrogen-bond acceptors (Lipinski definition) is 2.